The van der Waals surface area contributed by atoms with Gasteiger partial charge in [-0.05, 0) is 56.4 Å². The van der Waals surface area contributed by atoms with E-state index in [0.717, 1.165) is 13.1 Å². The fourth-order valence-corrected chi connectivity index (χ4v) is 3.08. The molecule has 0 spiro atoms. The molecule has 1 saturated heterocycles. The van der Waals surface area contributed by atoms with E-state index in [2.05, 4.69) is 54.0 Å². The Morgan fingerprint density at radius 3 is 2.60 bits per heavy atom. The zero-order chi connectivity index (χ0) is 14.4. The molecule has 0 aliphatic carbocycles. The summed E-state index contributed by atoms with van der Waals surface area (Å²) in [5.74, 6) is 0.635. The smallest absolute Gasteiger partial charge is 0.0358 e. The highest BCUT2D eigenvalue weighted by atomic mass is 15.2. The van der Waals surface area contributed by atoms with Crippen molar-refractivity contribution in [3.8, 4) is 0 Å². The maximum atomic E-state index is 3.67. The van der Waals surface area contributed by atoms with Crippen LogP contribution in [0.2, 0.25) is 0 Å². The molecule has 1 atom stereocenters. The summed E-state index contributed by atoms with van der Waals surface area (Å²) in [7, 11) is 0. The van der Waals surface area contributed by atoms with E-state index in [1.165, 1.54) is 44.5 Å². The highest BCUT2D eigenvalue weighted by Gasteiger charge is 2.16. The fraction of sp³-hybridized carbons (Fsp3) is 0.765. The Kier molecular flexibility index (Phi) is 6.11. The molecule has 1 N–H and O–H groups in total. The van der Waals surface area contributed by atoms with Gasteiger partial charge in [0.15, 0.2) is 0 Å². The summed E-state index contributed by atoms with van der Waals surface area (Å²) < 4.78 is 2.36. The zero-order valence-electron chi connectivity index (χ0n) is 13.4. The quantitative estimate of drug-likeness (QED) is 0.787. The van der Waals surface area contributed by atoms with Crippen LogP contribution >= 0.6 is 0 Å². The normalized spacial score (nSPS) is 18.0. The Bertz CT molecular complexity index is 377. The van der Waals surface area contributed by atoms with Crippen molar-refractivity contribution in [2.75, 3.05) is 26.2 Å². The molecule has 20 heavy (non-hydrogen) atoms. The minimum atomic E-state index is 0.489. The van der Waals surface area contributed by atoms with Crippen molar-refractivity contribution < 1.29 is 0 Å². The zero-order valence-corrected chi connectivity index (χ0v) is 13.4. The molecule has 1 aliphatic heterocycles. The van der Waals surface area contributed by atoms with Gasteiger partial charge in [0.1, 0.15) is 0 Å². The highest BCUT2D eigenvalue weighted by Crippen LogP contribution is 2.22. The van der Waals surface area contributed by atoms with Crippen LogP contribution in [0.4, 0.5) is 0 Å². The molecule has 1 fully saturated rings. The van der Waals surface area contributed by atoms with E-state index in [1.807, 2.05) is 0 Å². The first-order valence-corrected chi connectivity index (χ1v) is 8.32. The van der Waals surface area contributed by atoms with Gasteiger partial charge in [0.25, 0.3) is 0 Å². The average molecular weight is 277 g/mol. The van der Waals surface area contributed by atoms with Crippen LogP contribution < -0.4 is 5.32 Å². The van der Waals surface area contributed by atoms with Crippen molar-refractivity contribution in [3.63, 3.8) is 0 Å². The van der Waals surface area contributed by atoms with Crippen LogP contribution in [-0.2, 0) is 6.54 Å². The van der Waals surface area contributed by atoms with E-state index in [-0.39, 0.29) is 0 Å². The van der Waals surface area contributed by atoms with E-state index < -0.39 is 0 Å². The van der Waals surface area contributed by atoms with E-state index in [4.69, 9.17) is 0 Å². The molecule has 2 heterocycles. The summed E-state index contributed by atoms with van der Waals surface area (Å²) in [6, 6.07) is 2.78. The van der Waals surface area contributed by atoms with Gasteiger partial charge in [-0.3, -0.25) is 0 Å². The number of aromatic nitrogens is 1. The Morgan fingerprint density at radius 1 is 1.20 bits per heavy atom. The predicted octanol–water partition coefficient (Wildman–Crippen LogP) is 3.28. The summed E-state index contributed by atoms with van der Waals surface area (Å²) in [5, 5.41) is 3.67. The molecule has 1 unspecified atom stereocenters. The van der Waals surface area contributed by atoms with Gasteiger partial charge in [-0.15, -0.1) is 0 Å². The van der Waals surface area contributed by atoms with Crippen molar-refractivity contribution in [2.24, 2.45) is 5.92 Å². The Labute approximate surface area is 124 Å². The monoisotopic (exact) mass is 277 g/mol. The highest BCUT2D eigenvalue weighted by molar-refractivity contribution is 5.16. The summed E-state index contributed by atoms with van der Waals surface area (Å²) in [6.07, 6.45) is 8.54. The molecule has 1 aromatic heterocycles. The van der Waals surface area contributed by atoms with Crippen LogP contribution in [0.3, 0.4) is 0 Å². The molecule has 3 heteroatoms. The molecular formula is C17H31N3. The maximum absolute atomic E-state index is 3.67. The van der Waals surface area contributed by atoms with Crippen LogP contribution in [-0.4, -0.2) is 35.6 Å². The fourth-order valence-electron chi connectivity index (χ4n) is 3.08. The number of hydrogen-bond donors (Lipinski definition) is 1. The number of rotatable bonds is 8. The molecule has 0 radical (unpaired) electrons. The largest absolute Gasteiger partial charge is 0.353 e. The number of hydrogen-bond acceptors (Lipinski definition) is 2. The summed E-state index contributed by atoms with van der Waals surface area (Å²) >= 11 is 0. The summed E-state index contributed by atoms with van der Waals surface area (Å²) in [5.41, 5.74) is 1.44. The van der Waals surface area contributed by atoms with Crippen LogP contribution in [0.5, 0.6) is 0 Å². The third-order valence-corrected chi connectivity index (χ3v) is 4.29. The van der Waals surface area contributed by atoms with Crippen molar-refractivity contribution >= 4 is 0 Å². The lowest BCUT2D eigenvalue weighted by atomic mass is 9.98. The minimum Gasteiger partial charge on any atom is -0.353 e. The van der Waals surface area contributed by atoms with Gasteiger partial charge in [-0.1, -0.05) is 20.8 Å². The molecule has 0 saturated carbocycles. The second kappa shape index (κ2) is 7.84. The van der Waals surface area contributed by atoms with Crippen molar-refractivity contribution in [1.82, 2.24) is 14.8 Å². The van der Waals surface area contributed by atoms with Crippen LogP contribution in [0.15, 0.2) is 18.5 Å². The summed E-state index contributed by atoms with van der Waals surface area (Å²) in [4.78, 5) is 2.58. The van der Waals surface area contributed by atoms with Gasteiger partial charge >= 0.3 is 0 Å². The van der Waals surface area contributed by atoms with Crippen molar-refractivity contribution in [1.29, 1.82) is 0 Å². The van der Waals surface area contributed by atoms with Crippen LogP contribution in [0.25, 0.3) is 0 Å². The van der Waals surface area contributed by atoms with Gasteiger partial charge in [-0.2, -0.15) is 0 Å². The van der Waals surface area contributed by atoms with Crippen molar-refractivity contribution in [3.05, 3.63) is 24.0 Å². The first kappa shape index (κ1) is 15.6. The summed E-state index contributed by atoms with van der Waals surface area (Å²) in [6.45, 7) is 12.8. The van der Waals surface area contributed by atoms with Crippen LogP contribution in [0, 0.1) is 5.92 Å². The van der Waals surface area contributed by atoms with E-state index >= 15 is 0 Å². The average Bonchev–Trinajstić information content (AvgIpc) is 3.08. The molecule has 0 bridgehead atoms. The molecule has 0 amide bonds. The molecular weight excluding hydrogens is 246 g/mol. The lowest BCUT2D eigenvalue weighted by Gasteiger charge is -2.21. The number of nitrogens with zero attached hydrogens (tertiary/aromatic N) is 2. The molecule has 3 nitrogen and oxygen atoms in total. The van der Waals surface area contributed by atoms with Crippen molar-refractivity contribution in [2.45, 2.75) is 52.6 Å². The maximum Gasteiger partial charge on any atom is 0.0358 e. The van der Waals surface area contributed by atoms with Crippen LogP contribution in [0.1, 0.15) is 51.6 Å². The lowest BCUT2D eigenvalue weighted by Crippen LogP contribution is -2.26. The van der Waals surface area contributed by atoms with E-state index in [1.54, 1.807) is 0 Å². The molecule has 2 rings (SSSR count). The number of likely N-dealkylation sites (tertiary alicyclic amines) is 1. The predicted molar refractivity (Wildman–Crippen MR) is 86.0 cm³/mol. The Hall–Kier alpha value is -0.800. The van der Waals surface area contributed by atoms with Gasteiger partial charge in [0.2, 0.25) is 0 Å². The van der Waals surface area contributed by atoms with E-state index in [0.29, 0.717) is 12.0 Å². The van der Waals surface area contributed by atoms with Gasteiger partial charge in [-0.25, -0.2) is 0 Å². The second-order valence-electron chi connectivity index (χ2n) is 6.41. The van der Waals surface area contributed by atoms with Gasteiger partial charge in [0, 0.05) is 31.5 Å². The standard InChI is InChI=1S/C17H31N3/c1-4-8-18-17(15(2)3)16-7-11-20(14-16)13-12-19-9-5-6-10-19/h7,11,14-15,17-18H,4-6,8-10,12-13H2,1-3H3. The van der Waals surface area contributed by atoms with Gasteiger partial charge in [0.05, 0.1) is 0 Å². The molecule has 1 aliphatic rings. The second-order valence-corrected chi connectivity index (χ2v) is 6.41. The molecule has 0 aromatic carbocycles. The third kappa shape index (κ3) is 4.35. The number of nitrogens with one attached hydrogen (secondary N) is 1. The molecule has 114 valence electrons. The first-order chi connectivity index (χ1) is 9.70. The lowest BCUT2D eigenvalue weighted by molar-refractivity contribution is 0.322. The topological polar surface area (TPSA) is 20.2 Å². The molecule has 1 aromatic rings. The Balaban J connectivity index is 1.88. The SMILES string of the molecule is CCCNC(c1ccn(CCN2CCCC2)c1)C(C)C. The van der Waals surface area contributed by atoms with Gasteiger partial charge < -0.3 is 14.8 Å². The first-order valence-electron chi connectivity index (χ1n) is 8.32. The Morgan fingerprint density at radius 2 is 1.95 bits per heavy atom. The van der Waals surface area contributed by atoms with E-state index in [9.17, 15) is 0 Å². The third-order valence-electron chi connectivity index (χ3n) is 4.29. The minimum absolute atomic E-state index is 0.489.